The predicted molar refractivity (Wildman–Crippen MR) is 215 cm³/mol. The molecule has 6 aromatic rings. The molecule has 0 fully saturated rings. The van der Waals surface area contributed by atoms with Crippen LogP contribution in [0.4, 0.5) is 11.4 Å². The molecule has 4 aliphatic rings. The van der Waals surface area contributed by atoms with Crippen LogP contribution < -0.4 is 24.8 Å². The Labute approximate surface area is 304 Å². The number of aromatic nitrogens is 1. The maximum Gasteiger partial charge on any atom is 0.142 e. The van der Waals surface area contributed by atoms with Gasteiger partial charge in [0.05, 0.1) is 24.4 Å². The summed E-state index contributed by atoms with van der Waals surface area (Å²) >= 11 is 0. The number of fused-ring (bicyclic) bond motifs is 5. The van der Waals surface area contributed by atoms with Crippen LogP contribution in [0.15, 0.2) is 140 Å². The minimum atomic E-state index is 0. The summed E-state index contributed by atoms with van der Waals surface area (Å²) in [6.45, 7) is 4.57. The molecule has 5 heterocycles. The van der Waals surface area contributed by atoms with E-state index in [1.165, 1.54) is 47.0 Å². The number of aryl methyl sites for hydroxylation is 2. The molecule has 5 aromatic carbocycles. The molecule has 0 atom stereocenters. The molecule has 0 saturated carbocycles. The molecule has 6 heteroatoms. The number of benzene rings is 5. The molecule has 0 aliphatic carbocycles. The molecule has 0 saturated heterocycles. The van der Waals surface area contributed by atoms with Crippen molar-refractivity contribution in [3.8, 4) is 17.2 Å². The van der Waals surface area contributed by atoms with Crippen molar-refractivity contribution in [1.29, 1.82) is 0 Å². The van der Waals surface area contributed by atoms with Gasteiger partial charge in [0.1, 0.15) is 23.9 Å². The number of rotatable bonds is 0. The molecule has 10 rings (SSSR count). The highest BCUT2D eigenvalue weighted by atomic mass is 16.5. The van der Waals surface area contributed by atoms with Crippen molar-refractivity contribution in [2.45, 2.75) is 47.0 Å². The Morgan fingerprint density at radius 2 is 0.980 bits per heavy atom. The van der Waals surface area contributed by atoms with Crippen molar-refractivity contribution in [1.82, 2.24) is 4.98 Å². The van der Waals surface area contributed by atoms with E-state index in [0.29, 0.717) is 0 Å². The lowest BCUT2D eigenvalue weighted by Gasteiger charge is -2.17. The van der Waals surface area contributed by atoms with E-state index < -0.39 is 0 Å². The van der Waals surface area contributed by atoms with Gasteiger partial charge in [-0.25, -0.2) is 0 Å². The molecule has 51 heavy (non-hydrogen) atoms. The SMILES string of the molecule is C.C.c1ccc2c(c1)CCCN2.c1ccc2c(c1)CCCO2.c1ccc2c(c1)CCO2.c1ccc2c(c1)NCCO2.c1ccc2ncccc2c1. The van der Waals surface area contributed by atoms with Crippen LogP contribution in [-0.4, -0.2) is 37.9 Å². The summed E-state index contributed by atoms with van der Waals surface area (Å²) in [4.78, 5) is 4.18. The maximum absolute atomic E-state index is 5.42. The topological polar surface area (TPSA) is 64.6 Å². The monoisotopic (exact) mass is 683 g/mol. The molecular formula is C45H53N3O3. The van der Waals surface area contributed by atoms with Gasteiger partial charge in [-0.15, -0.1) is 0 Å². The number of nitrogens with zero attached hydrogens (tertiary/aromatic N) is 1. The second-order valence-electron chi connectivity index (χ2n) is 11.9. The first-order valence-electron chi connectivity index (χ1n) is 17.3. The van der Waals surface area contributed by atoms with Gasteiger partial charge < -0.3 is 24.8 Å². The summed E-state index contributed by atoms with van der Waals surface area (Å²) in [7, 11) is 0. The third-order valence-electron chi connectivity index (χ3n) is 8.45. The van der Waals surface area contributed by atoms with Gasteiger partial charge in [-0.1, -0.05) is 106 Å². The van der Waals surface area contributed by atoms with Crippen molar-refractivity contribution in [2.75, 3.05) is 43.5 Å². The van der Waals surface area contributed by atoms with Gasteiger partial charge in [-0.05, 0) is 84.8 Å². The van der Waals surface area contributed by atoms with Gasteiger partial charge in [-0.3, -0.25) is 4.98 Å². The van der Waals surface area contributed by atoms with Crippen LogP contribution in [0, 0.1) is 0 Å². The van der Waals surface area contributed by atoms with Crippen molar-refractivity contribution in [2.24, 2.45) is 0 Å². The third kappa shape index (κ3) is 11.5. The van der Waals surface area contributed by atoms with Gasteiger partial charge in [-0.2, -0.15) is 0 Å². The average Bonchev–Trinajstić information content (AvgIpc) is 3.69. The van der Waals surface area contributed by atoms with E-state index in [1.807, 2.05) is 85.1 Å². The van der Waals surface area contributed by atoms with Gasteiger partial charge in [0, 0.05) is 36.8 Å². The fourth-order valence-electron chi connectivity index (χ4n) is 5.93. The van der Waals surface area contributed by atoms with E-state index in [1.54, 1.807) is 0 Å². The molecule has 0 unspecified atom stereocenters. The number of ether oxygens (including phenoxy) is 3. The lowest BCUT2D eigenvalue weighted by atomic mass is 10.0. The van der Waals surface area contributed by atoms with E-state index in [4.69, 9.17) is 14.2 Å². The fourth-order valence-corrected chi connectivity index (χ4v) is 5.93. The van der Waals surface area contributed by atoms with Crippen molar-refractivity contribution >= 4 is 22.3 Å². The number of anilines is 2. The quantitative estimate of drug-likeness (QED) is 0.166. The van der Waals surface area contributed by atoms with E-state index in [2.05, 4.69) is 70.2 Å². The van der Waals surface area contributed by atoms with E-state index >= 15 is 0 Å². The van der Waals surface area contributed by atoms with E-state index in [0.717, 1.165) is 74.2 Å². The second-order valence-corrected chi connectivity index (χ2v) is 11.9. The summed E-state index contributed by atoms with van der Waals surface area (Å²) in [5, 5.41) is 7.80. The Morgan fingerprint density at radius 3 is 1.69 bits per heavy atom. The van der Waals surface area contributed by atoms with Crippen molar-refractivity contribution in [3.05, 3.63) is 156 Å². The molecule has 0 radical (unpaired) electrons. The smallest absolute Gasteiger partial charge is 0.142 e. The largest absolute Gasteiger partial charge is 0.493 e. The predicted octanol–water partition coefficient (Wildman–Crippen LogP) is 10.7. The van der Waals surface area contributed by atoms with Crippen LogP contribution in [0.3, 0.4) is 0 Å². The molecule has 2 N–H and O–H groups in total. The molecule has 1 aromatic heterocycles. The zero-order valence-electron chi connectivity index (χ0n) is 28.0. The Bertz CT molecular complexity index is 1610. The van der Waals surface area contributed by atoms with E-state index in [-0.39, 0.29) is 14.9 Å². The molecule has 0 amide bonds. The Balaban J connectivity index is 0.000000142. The van der Waals surface area contributed by atoms with Gasteiger partial charge in [0.15, 0.2) is 0 Å². The Hall–Kier alpha value is -5.49. The first kappa shape index (κ1) is 38.3. The highest BCUT2D eigenvalue weighted by Gasteiger charge is 2.09. The lowest BCUT2D eigenvalue weighted by Crippen LogP contribution is -2.17. The lowest BCUT2D eigenvalue weighted by molar-refractivity contribution is 0.288. The maximum atomic E-state index is 5.42. The number of para-hydroxylation sites is 6. The van der Waals surface area contributed by atoms with Crippen molar-refractivity contribution in [3.63, 3.8) is 0 Å². The summed E-state index contributed by atoms with van der Waals surface area (Å²) in [5.41, 5.74) is 7.66. The Kier molecular flexibility index (Phi) is 15.7. The normalized spacial score (nSPS) is 13.6. The summed E-state index contributed by atoms with van der Waals surface area (Å²) in [6, 6.07) is 45.0. The summed E-state index contributed by atoms with van der Waals surface area (Å²) in [6.07, 6.45) is 7.74. The second kappa shape index (κ2) is 20.9. The van der Waals surface area contributed by atoms with Crippen LogP contribution >= 0.6 is 0 Å². The molecule has 266 valence electrons. The zero-order valence-corrected chi connectivity index (χ0v) is 28.0. The van der Waals surface area contributed by atoms with Crippen molar-refractivity contribution < 1.29 is 14.2 Å². The fraction of sp³-hybridized carbons (Fsp3) is 0.267. The van der Waals surface area contributed by atoms with Crippen LogP contribution in [-0.2, 0) is 19.3 Å². The van der Waals surface area contributed by atoms with Crippen LogP contribution in [0.5, 0.6) is 17.2 Å². The van der Waals surface area contributed by atoms with Crippen LogP contribution in [0.1, 0.15) is 44.4 Å². The molecular weight excluding hydrogens is 631 g/mol. The highest BCUT2D eigenvalue weighted by Crippen LogP contribution is 2.26. The number of hydrogen-bond donors (Lipinski definition) is 2. The van der Waals surface area contributed by atoms with E-state index in [9.17, 15) is 0 Å². The molecule has 4 aliphatic heterocycles. The molecule has 0 spiro atoms. The van der Waals surface area contributed by atoms with Crippen LogP contribution in [0.25, 0.3) is 10.9 Å². The van der Waals surface area contributed by atoms with Gasteiger partial charge in [0.2, 0.25) is 0 Å². The first-order valence-corrected chi connectivity index (χ1v) is 17.3. The number of nitrogens with one attached hydrogen (secondary N) is 2. The highest BCUT2D eigenvalue weighted by molar-refractivity contribution is 5.77. The van der Waals surface area contributed by atoms with Gasteiger partial charge in [0.25, 0.3) is 0 Å². The third-order valence-corrected chi connectivity index (χ3v) is 8.45. The number of hydrogen-bond acceptors (Lipinski definition) is 6. The van der Waals surface area contributed by atoms with Gasteiger partial charge >= 0.3 is 0 Å². The first-order chi connectivity index (χ1) is 24.3. The minimum absolute atomic E-state index is 0. The van der Waals surface area contributed by atoms with Crippen LogP contribution in [0.2, 0.25) is 0 Å². The molecule has 0 bridgehead atoms. The zero-order chi connectivity index (χ0) is 33.4. The number of pyridine rings is 1. The minimum Gasteiger partial charge on any atom is -0.493 e. The standard InChI is InChI=1S/C9H11N.C9H7N.C9H10O.C8H9NO.C8H8O.2CH4/c3*1-2-6-9-8(4-1)5-3-7-10-9;1-2-4-8-7(3-1)9-5-6-10-8;1-2-4-8-7(3-1)5-6-9-8;;/h1-2,4,6,10H,3,5,7H2;1-7H;1-2,4,6H,3,5,7H2;1-4,9H,5-6H2;1-4H,5-6H2;2*1H4. The summed E-state index contributed by atoms with van der Waals surface area (Å²) < 4.78 is 16.1. The molecule has 6 nitrogen and oxygen atoms in total. The summed E-state index contributed by atoms with van der Waals surface area (Å²) in [5.74, 6) is 3.11. The average molecular weight is 684 g/mol. The Morgan fingerprint density at radius 1 is 0.431 bits per heavy atom.